The number of likely N-dealkylation sites (tertiary alicyclic amines) is 1. The quantitative estimate of drug-likeness (QED) is 0.637. The van der Waals surface area contributed by atoms with Crippen LogP contribution in [0, 0.1) is 4.77 Å². The molecule has 1 saturated heterocycles. The highest BCUT2D eigenvalue weighted by molar-refractivity contribution is 8.00. The lowest BCUT2D eigenvalue weighted by Gasteiger charge is -2.33. The summed E-state index contributed by atoms with van der Waals surface area (Å²) in [5.41, 5.74) is 0. The molecule has 1 aromatic heterocycles. The molecule has 0 radical (unpaired) electrons. The van der Waals surface area contributed by atoms with Gasteiger partial charge in [-0.1, -0.05) is 13.3 Å². The average molecular weight is 343 g/mol. The number of piperidine rings is 1. The lowest BCUT2D eigenvalue weighted by atomic mass is 9.96. The van der Waals surface area contributed by atoms with Gasteiger partial charge in [0.25, 0.3) is 0 Å². The van der Waals surface area contributed by atoms with Crippen molar-refractivity contribution in [1.29, 1.82) is 0 Å². The van der Waals surface area contributed by atoms with E-state index in [1.165, 1.54) is 12.8 Å². The zero-order valence-electron chi connectivity index (χ0n) is 13.7. The van der Waals surface area contributed by atoms with E-state index in [1.807, 2.05) is 23.4 Å². The Bertz CT molecular complexity index is 546. The molecule has 2 heterocycles. The Kier molecular flexibility index (Phi) is 6.50. The van der Waals surface area contributed by atoms with E-state index in [9.17, 15) is 4.79 Å². The van der Waals surface area contributed by atoms with Crippen LogP contribution in [0.25, 0.3) is 0 Å². The van der Waals surface area contributed by atoms with Crippen LogP contribution in [0.1, 0.15) is 51.3 Å². The van der Waals surface area contributed by atoms with Gasteiger partial charge in [0, 0.05) is 26.1 Å². The van der Waals surface area contributed by atoms with Gasteiger partial charge in [-0.15, -0.1) is 11.8 Å². The van der Waals surface area contributed by atoms with Crippen LogP contribution >= 0.6 is 24.0 Å². The molecule has 0 aliphatic carbocycles. The third kappa shape index (κ3) is 4.13. The fraction of sp³-hybridized carbons (Fsp3) is 0.800. The summed E-state index contributed by atoms with van der Waals surface area (Å²) in [6.45, 7) is 5.86. The molecule has 1 fully saturated rings. The van der Waals surface area contributed by atoms with E-state index in [0.29, 0.717) is 10.7 Å². The summed E-state index contributed by atoms with van der Waals surface area (Å²) >= 11 is 6.95. The molecule has 1 aliphatic heterocycles. The number of aromatic nitrogens is 3. The van der Waals surface area contributed by atoms with E-state index >= 15 is 0 Å². The molecular formula is C15H26N4OS2. The van der Waals surface area contributed by atoms with Gasteiger partial charge in [0.2, 0.25) is 5.91 Å². The number of carbonyl (C=O) groups is 1. The summed E-state index contributed by atoms with van der Waals surface area (Å²) in [5.74, 6) is 2.77. The van der Waals surface area contributed by atoms with Crippen LogP contribution < -0.4 is 0 Å². The fourth-order valence-electron chi connectivity index (χ4n) is 2.82. The predicted molar refractivity (Wildman–Crippen MR) is 93.8 cm³/mol. The normalized spacial score (nSPS) is 17.7. The third-order valence-corrected chi connectivity index (χ3v) is 5.89. The van der Waals surface area contributed by atoms with Crippen molar-refractivity contribution >= 4 is 29.9 Å². The highest BCUT2D eigenvalue weighted by Gasteiger charge is 2.28. The molecule has 0 unspecified atom stereocenters. The summed E-state index contributed by atoms with van der Waals surface area (Å²) < 4.78 is 2.61. The summed E-state index contributed by atoms with van der Waals surface area (Å²) in [4.78, 5) is 14.5. The molecule has 1 aliphatic rings. The number of thioether (sulfide) groups is 1. The first-order valence-corrected chi connectivity index (χ1v) is 9.52. The van der Waals surface area contributed by atoms with Gasteiger partial charge in [0.1, 0.15) is 5.82 Å². The maximum atomic E-state index is 12.5. The molecule has 1 amide bonds. The Morgan fingerprint density at radius 1 is 1.50 bits per heavy atom. The van der Waals surface area contributed by atoms with Crippen LogP contribution in [0.4, 0.5) is 0 Å². The maximum absolute atomic E-state index is 12.5. The van der Waals surface area contributed by atoms with Crippen LogP contribution in [0.3, 0.4) is 0 Å². The van der Waals surface area contributed by atoms with E-state index in [2.05, 4.69) is 17.1 Å². The maximum Gasteiger partial charge on any atom is 0.235 e. The lowest BCUT2D eigenvalue weighted by molar-refractivity contribution is -0.131. The van der Waals surface area contributed by atoms with Gasteiger partial charge in [0.15, 0.2) is 4.77 Å². The first kappa shape index (κ1) is 17.5. The van der Waals surface area contributed by atoms with E-state index in [-0.39, 0.29) is 11.2 Å². The van der Waals surface area contributed by atoms with Crippen molar-refractivity contribution in [3.05, 3.63) is 10.6 Å². The number of hydrogen-bond donors (Lipinski definition) is 1. The highest BCUT2D eigenvalue weighted by atomic mass is 32.2. The topological polar surface area (TPSA) is 53.9 Å². The minimum absolute atomic E-state index is 0.0730. The number of carbonyl (C=O) groups excluding carboxylic acids is 1. The van der Waals surface area contributed by atoms with Crippen molar-refractivity contribution in [2.45, 2.75) is 50.7 Å². The molecule has 1 N–H and O–H groups in total. The van der Waals surface area contributed by atoms with Gasteiger partial charge < -0.3 is 9.47 Å². The molecule has 124 valence electrons. The minimum Gasteiger partial charge on any atom is -0.342 e. The van der Waals surface area contributed by atoms with Crippen molar-refractivity contribution in [2.75, 3.05) is 18.8 Å². The molecule has 0 saturated carbocycles. The van der Waals surface area contributed by atoms with Gasteiger partial charge in [0.05, 0.1) is 5.25 Å². The summed E-state index contributed by atoms with van der Waals surface area (Å²) in [6, 6.07) is 0. The van der Waals surface area contributed by atoms with Crippen LogP contribution in [0.15, 0.2) is 0 Å². The smallest absolute Gasteiger partial charge is 0.235 e. The Labute approximate surface area is 141 Å². The van der Waals surface area contributed by atoms with E-state index in [0.717, 1.165) is 37.5 Å². The summed E-state index contributed by atoms with van der Waals surface area (Å²) in [6.07, 6.45) is 4.30. The van der Waals surface area contributed by atoms with Gasteiger partial charge >= 0.3 is 0 Å². The number of hydrogen-bond acceptors (Lipinski definition) is 4. The Morgan fingerprint density at radius 3 is 2.73 bits per heavy atom. The zero-order chi connectivity index (χ0) is 16.1. The fourth-order valence-corrected chi connectivity index (χ4v) is 4.05. The van der Waals surface area contributed by atoms with Gasteiger partial charge in [-0.25, -0.2) is 0 Å². The zero-order valence-corrected chi connectivity index (χ0v) is 15.3. The van der Waals surface area contributed by atoms with Gasteiger partial charge in [-0.05, 0) is 44.2 Å². The van der Waals surface area contributed by atoms with Crippen molar-refractivity contribution in [2.24, 2.45) is 7.05 Å². The summed E-state index contributed by atoms with van der Waals surface area (Å²) in [7, 11) is 1.95. The number of H-pyrrole nitrogens is 1. The van der Waals surface area contributed by atoms with Crippen LogP contribution in [-0.4, -0.2) is 49.7 Å². The van der Waals surface area contributed by atoms with Gasteiger partial charge in [-0.3, -0.25) is 9.89 Å². The molecule has 0 spiro atoms. The van der Waals surface area contributed by atoms with Gasteiger partial charge in [-0.2, -0.15) is 5.10 Å². The largest absolute Gasteiger partial charge is 0.342 e. The molecular weight excluding hydrogens is 316 g/mol. The van der Waals surface area contributed by atoms with Crippen LogP contribution in [-0.2, 0) is 11.8 Å². The molecule has 0 bridgehead atoms. The van der Waals surface area contributed by atoms with Crippen LogP contribution in [0.5, 0.6) is 0 Å². The molecule has 22 heavy (non-hydrogen) atoms. The standard InChI is InChI=1S/C15H26N4OS2/c1-4-5-10-22-11(2)14(20)19-8-6-12(7-9-19)13-16-17-15(21)18(13)3/h11-12H,4-10H2,1-3H3,(H,17,21)/t11-/m0/s1. The molecule has 5 nitrogen and oxygen atoms in total. The van der Waals surface area contributed by atoms with E-state index < -0.39 is 0 Å². The molecule has 2 rings (SSSR count). The number of aromatic amines is 1. The average Bonchev–Trinajstić information content (AvgIpc) is 2.86. The van der Waals surface area contributed by atoms with E-state index in [1.54, 1.807) is 11.8 Å². The summed E-state index contributed by atoms with van der Waals surface area (Å²) in [5, 5.41) is 7.25. The second-order valence-corrected chi connectivity index (χ2v) is 7.75. The predicted octanol–water partition coefficient (Wildman–Crippen LogP) is 3.11. The second-order valence-electron chi connectivity index (χ2n) is 5.91. The number of amides is 1. The van der Waals surface area contributed by atoms with Crippen LogP contribution in [0.2, 0.25) is 0 Å². The molecule has 7 heteroatoms. The number of unbranched alkanes of at least 4 members (excludes halogenated alkanes) is 1. The first-order chi connectivity index (χ1) is 10.5. The number of nitrogens with zero attached hydrogens (tertiary/aromatic N) is 3. The third-order valence-electron chi connectivity index (χ3n) is 4.30. The Balaban J connectivity index is 1.85. The first-order valence-electron chi connectivity index (χ1n) is 8.06. The van der Waals surface area contributed by atoms with Crippen molar-refractivity contribution in [3.63, 3.8) is 0 Å². The van der Waals surface area contributed by atoms with Crippen molar-refractivity contribution in [1.82, 2.24) is 19.7 Å². The number of rotatable bonds is 6. The Hall–Kier alpha value is -0.820. The van der Waals surface area contributed by atoms with Crippen molar-refractivity contribution in [3.8, 4) is 0 Å². The highest BCUT2D eigenvalue weighted by Crippen LogP contribution is 2.27. The van der Waals surface area contributed by atoms with E-state index in [4.69, 9.17) is 12.2 Å². The van der Waals surface area contributed by atoms with Crippen molar-refractivity contribution < 1.29 is 4.79 Å². The molecule has 0 aromatic carbocycles. The monoisotopic (exact) mass is 342 g/mol. The molecule has 1 atom stereocenters. The molecule has 1 aromatic rings. The number of nitrogens with one attached hydrogen (secondary N) is 1. The minimum atomic E-state index is 0.0730. The second kappa shape index (κ2) is 8.15. The SMILES string of the molecule is CCCCS[C@@H](C)C(=O)N1CCC(c2n[nH]c(=S)n2C)CC1. The Morgan fingerprint density at radius 2 is 2.18 bits per heavy atom. The lowest BCUT2D eigenvalue weighted by Crippen LogP contribution is -2.42.